The van der Waals surface area contributed by atoms with Gasteiger partial charge in [-0.25, -0.2) is 13.6 Å². The van der Waals surface area contributed by atoms with Gasteiger partial charge >= 0.3 is 6.03 Å². The summed E-state index contributed by atoms with van der Waals surface area (Å²) in [4.78, 5) is 10.4. The summed E-state index contributed by atoms with van der Waals surface area (Å²) in [6, 6.07) is 2.25. The van der Waals surface area contributed by atoms with E-state index in [9.17, 15) is 13.6 Å². The molecular weight excluding hydrogens is 198 g/mol. The highest BCUT2D eigenvalue weighted by atomic mass is 32.2. The molecule has 13 heavy (non-hydrogen) atoms. The minimum absolute atomic E-state index is 0.111. The molecule has 2 amide bonds. The molecule has 0 saturated carbocycles. The molecule has 0 saturated heterocycles. The second-order valence-electron chi connectivity index (χ2n) is 2.14. The smallest absolute Gasteiger partial charge is 0.322 e. The Morgan fingerprint density at radius 3 is 2.69 bits per heavy atom. The Kier molecular flexibility index (Phi) is 3.07. The summed E-state index contributed by atoms with van der Waals surface area (Å²) in [5, 5.41) is 0. The number of carbonyl (C=O) groups is 1. The molecule has 0 aliphatic rings. The van der Waals surface area contributed by atoms with Gasteiger partial charge < -0.3 is 5.73 Å². The Bertz CT molecular complexity index is 332. The first-order chi connectivity index (χ1) is 6.09. The maximum Gasteiger partial charge on any atom is 0.322 e. The summed E-state index contributed by atoms with van der Waals surface area (Å²) in [5.74, 6) is -1.40. The molecule has 0 heterocycles. The van der Waals surface area contributed by atoms with Crippen LogP contribution in [0.3, 0.4) is 0 Å². The quantitative estimate of drug-likeness (QED) is 0.719. The average Bonchev–Trinajstić information content (AvgIpc) is 2.02. The van der Waals surface area contributed by atoms with Gasteiger partial charge in [-0.1, -0.05) is 0 Å². The maximum absolute atomic E-state index is 12.8. The second-order valence-corrected chi connectivity index (χ2v) is 2.99. The number of nitrogens with two attached hydrogens (primary N) is 1. The third kappa shape index (κ3) is 2.90. The van der Waals surface area contributed by atoms with Gasteiger partial charge in [0.25, 0.3) is 0 Å². The Morgan fingerprint density at radius 2 is 2.15 bits per heavy atom. The molecule has 0 fully saturated rings. The highest BCUT2D eigenvalue weighted by Gasteiger charge is 2.04. The van der Waals surface area contributed by atoms with Gasteiger partial charge in [0.1, 0.15) is 11.6 Å². The van der Waals surface area contributed by atoms with Crippen LogP contribution in [0.1, 0.15) is 0 Å². The number of primary amides is 1. The monoisotopic (exact) mass is 204 g/mol. The minimum atomic E-state index is -0.784. The second kappa shape index (κ2) is 4.08. The topological polar surface area (TPSA) is 55.1 Å². The first kappa shape index (κ1) is 9.79. The lowest BCUT2D eigenvalue weighted by molar-refractivity contribution is 0.254. The SMILES string of the molecule is NC(=O)NSc1ccc(F)cc1F. The number of rotatable bonds is 2. The summed E-state index contributed by atoms with van der Waals surface area (Å²) in [7, 11) is 0. The molecule has 0 unspecified atom stereocenters. The van der Waals surface area contributed by atoms with Crippen molar-refractivity contribution in [3.05, 3.63) is 29.8 Å². The lowest BCUT2D eigenvalue weighted by Crippen LogP contribution is -2.22. The molecule has 0 atom stereocenters. The van der Waals surface area contributed by atoms with Gasteiger partial charge in [0, 0.05) is 6.07 Å². The van der Waals surface area contributed by atoms with Crippen molar-refractivity contribution >= 4 is 18.0 Å². The van der Waals surface area contributed by atoms with Crippen molar-refractivity contribution in [2.24, 2.45) is 5.73 Å². The maximum atomic E-state index is 12.8. The van der Waals surface area contributed by atoms with Crippen LogP contribution in [0.15, 0.2) is 23.1 Å². The van der Waals surface area contributed by atoms with Crippen LogP contribution in [0.25, 0.3) is 0 Å². The lowest BCUT2D eigenvalue weighted by atomic mass is 10.3. The third-order valence-electron chi connectivity index (χ3n) is 1.16. The molecule has 1 aromatic rings. The van der Waals surface area contributed by atoms with E-state index in [4.69, 9.17) is 5.73 Å². The first-order valence-electron chi connectivity index (χ1n) is 3.27. The highest BCUT2D eigenvalue weighted by Crippen LogP contribution is 2.19. The molecular formula is C7H6F2N2OS. The van der Waals surface area contributed by atoms with Crippen LogP contribution in [-0.4, -0.2) is 6.03 Å². The van der Waals surface area contributed by atoms with Crippen LogP contribution in [0.2, 0.25) is 0 Å². The van der Waals surface area contributed by atoms with Crippen molar-refractivity contribution in [3.63, 3.8) is 0 Å². The molecule has 0 aromatic heterocycles. The summed E-state index contributed by atoms with van der Waals surface area (Å²) in [6.07, 6.45) is 0. The zero-order valence-corrected chi connectivity index (χ0v) is 7.20. The first-order valence-corrected chi connectivity index (χ1v) is 4.08. The van der Waals surface area contributed by atoms with Crippen molar-refractivity contribution in [2.75, 3.05) is 0 Å². The number of hydrogen-bond donors (Lipinski definition) is 2. The van der Waals surface area contributed by atoms with Crippen LogP contribution >= 0.6 is 11.9 Å². The summed E-state index contributed by atoms with van der Waals surface area (Å²) < 4.78 is 27.3. The van der Waals surface area contributed by atoms with Crippen LogP contribution in [0, 0.1) is 11.6 Å². The zero-order chi connectivity index (χ0) is 9.84. The molecule has 1 rings (SSSR count). The molecule has 0 bridgehead atoms. The van der Waals surface area contributed by atoms with Crippen molar-refractivity contribution in [3.8, 4) is 0 Å². The highest BCUT2D eigenvalue weighted by molar-refractivity contribution is 7.98. The fourth-order valence-corrected chi connectivity index (χ4v) is 1.17. The van der Waals surface area contributed by atoms with Crippen molar-refractivity contribution in [1.29, 1.82) is 0 Å². The number of benzene rings is 1. The fourth-order valence-electron chi connectivity index (χ4n) is 0.663. The van der Waals surface area contributed by atoms with E-state index >= 15 is 0 Å². The van der Waals surface area contributed by atoms with Gasteiger partial charge in [-0.3, -0.25) is 4.72 Å². The number of hydrogen-bond acceptors (Lipinski definition) is 2. The minimum Gasteiger partial charge on any atom is -0.351 e. The normalized spacial score (nSPS) is 9.69. The number of carbonyl (C=O) groups excluding carboxylic acids is 1. The van der Waals surface area contributed by atoms with Gasteiger partial charge in [0.15, 0.2) is 0 Å². The van der Waals surface area contributed by atoms with Crippen LogP contribution in [0.4, 0.5) is 13.6 Å². The molecule has 3 nitrogen and oxygen atoms in total. The number of amides is 2. The average molecular weight is 204 g/mol. The van der Waals surface area contributed by atoms with Crippen LogP contribution in [0.5, 0.6) is 0 Å². The van der Waals surface area contributed by atoms with E-state index < -0.39 is 17.7 Å². The summed E-state index contributed by atoms with van der Waals surface area (Å²) in [5.41, 5.74) is 4.75. The van der Waals surface area contributed by atoms with E-state index in [2.05, 4.69) is 4.72 Å². The zero-order valence-electron chi connectivity index (χ0n) is 6.38. The molecule has 0 spiro atoms. The molecule has 0 radical (unpaired) electrons. The predicted molar refractivity (Wildman–Crippen MR) is 44.9 cm³/mol. The molecule has 70 valence electrons. The van der Waals surface area contributed by atoms with Crippen molar-refractivity contribution in [2.45, 2.75) is 4.90 Å². The van der Waals surface area contributed by atoms with E-state index in [0.29, 0.717) is 11.9 Å². The summed E-state index contributed by atoms with van der Waals surface area (Å²) >= 11 is 0.698. The van der Waals surface area contributed by atoms with Crippen molar-refractivity contribution in [1.82, 2.24) is 4.72 Å². The number of urea groups is 1. The van der Waals surface area contributed by atoms with Gasteiger partial charge in [0.05, 0.1) is 4.90 Å². The molecule has 1 aromatic carbocycles. The lowest BCUT2D eigenvalue weighted by Gasteiger charge is -2.01. The van der Waals surface area contributed by atoms with Gasteiger partial charge in [-0.15, -0.1) is 0 Å². The fraction of sp³-hybridized carbons (Fsp3) is 0. The van der Waals surface area contributed by atoms with E-state index in [0.717, 1.165) is 12.1 Å². The largest absolute Gasteiger partial charge is 0.351 e. The molecule has 6 heteroatoms. The standard InChI is InChI=1S/C7H6F2N2OS/c8-4-1-2-6(5(9)3-4)13-11-7(10)12/h1-3H,(H3,10,11,12). The van der Waals surface area contributed by atoms with E-state index in [1.807, 2.05) is 0 Å². The van der Waals surface area contributed by atoms with Crippen LogP contribution in [-0.2, 0) is 0 Å². The Labute approximate surface area is 77.4 Å². The predicted octanol–water partition coefficient (Wildman–Crippen LogP) is 1.64. The Morgan fingerprint density at radius 1 is 1.46 bits per heavy atom. The van der Waals surface area contributed by atoms with Gasteiger partial charge in [-0.05, 0) is 24.1 Å². The van der Waals surface area contributed by atoms with Crippen molar-refractivity contribution < 1.29 is 13.6 Å². The van der Waals surface area contributed by atoms with E-state index in [-0.39, 0.29) is 4.90 Å². The third-order valence-corrected chi connectivity index (χ3v) is 2.01. The number of halogens is 2. The Hall–Kier alpha value is -1.30. The summed E-state index contributed by atoms with van der Waals surface area (Å²) in [6.45, 7) is 0. The Balaban J connectivity index is 2.72. The molecule has 0 aliphatic carbocycles. The van der Waals surface area contributed by atoms with Crippen LogP contribution < -0.4 is 10.5 Å². The van der Waals surface area contributed by atoms with Gasteiger partial charge in [-0.2, -0.15) is 0 Å². The van der Waals surface area contributed by atoms with E-state index in [1.165, 1.54) is 6.07 Å². The molecule has 3 N–H and O–H groups in total. The van der Waals surface area contributed by atoms with Gasteiger partial charge in [0.2, 0.25) is 0 Å². The number of nitrogens with one attached hydrogen (secondary N) is 1. The molecule has 0 aliphatic heterocycles. The van der Waals surface area contributed by atoms with E-state index in [1.54, 1.807) is 0 Å².